The smallest absolute Gasteiger partial charge is 0.164 e. The van der Waals surface area contributed by atoms with E-state index < -0.39 is 0 Å². The Balaban J connectivity index is 0.000000473. The average molecular weight is 865 g/mol. The number of aromatic nitrogens is 3. The molecule has 4 nitrogen and oxygen atoms in total. The topological polar surface area (TPSA) is 51.0 Å². The molecule has 0 aliphatic rings. The molecule has 0 aliphatic carbocycles. The molecule has 7 heteroatoms. The van der Waals surface area contributed by atoms with Gasteiger partial charge in [-0.2, -0.15) is 0 Å². The van der Waals surface area contributed by atoms with Crippen LogP contribution in [-0.2, 0) is 0 Å². The number of thiophene rings is 1. The zero-order valence-corrected chi connectivity index (χ0v) is 36.7. The van der Waals surface area contributed by atoms with Crippen molar-refractivity contribution in [3.05, 3.63) is 236 Å². The number of benzene rings is 8. The molecule has 314 valence electrons. The lowest BCUT2D eigenvalue weighted by Gasteiger charge is -2.09. The first-order valence-electron chi connectivity index (χ1n) is 21.1. The Morgan fingerprint density at radius 1 is 0.415 bits per heavy atom. The van der Waals surface area contributed by atoms with E-state index in [4.69, 9.17) is 19.9 Å². The van der Waals surface area contributed by atoms with Gasteiger partial charge in [0.05, 0.1) is 5.70 Å². The van der Waals surface area contributed by atoms with Crippen LogP contribution >= 0.6 is 11.3 Å². The van der Waals surface area contributed by atoms with Crippen LogP contribution in [0, 0.1) is 11.6 Å². The molecular formula is C58H42F2N4S. The van der Waals surface area contributed by atoms with Gasteiger partial charge in [-0.3, -0.25) is 4.99 Å². The van der Waals surface area contributed by atoms with E-state index in [-0.39, 0.29) is 11.6 Å². The van der Waals surface area contributed by atoms with Crippen molar-refractivity contribution in [2.75, 3.05) is 0 Å². The maximum Gasteiger partial charge on any atom is 0.164 e. The van der Waals surface area contributed by atoms with Crippen molar-refractivity contribution in [2.24, 2.45) is 4.99 Å². The number of allylic oxidation sites excluding steroid dienone is 1. The number of rotatable bonds is 9. The van der Waals surface area contributed by atoms with Crippen molar-refractivity contribution in [3.63, 3.8) is 0 Å². The van der Waals surface area contributed by atoms with E-state index in [9.17, 15) is 8.78 Å². The lowest BCUT2D eigenvalue weighted by atomic mass is 9.99. The second-order valence-corrected chi connectivity index (χ2v) is 16.7. The minimum atomic E-state index is -0.306. The molecule has 0 aliphatic heterocycles. The normalized spacial score (nSPS) is 11.3. The number of halogens is 2. The van der Waals surface area contributed by atoms with Gasteiger partial charge in [-0.05, 0) is 113 Å². The van der Waals surface area contributed by atoms with Gasteiger partial charge in [0.2, 0.25) is 0 Å². The molecule has 0 fully saturated rings. The van der Waals surface area contributed by atoms with E-state index in [1.807, 2.05) is 73.7 Å². The van der Waals surface area contributed by atoms with Crippen LogP contribution in [0.1, 0.15) is 30.5 Å². The van der Waals surface area contributed by atoms with E-state index >= 15 is 0 Å². The molecule has 0 bridgehead atoms. The van der Waals surface area contributed by atoms with Crippen LogP contribution in [0.3, 0.4) is 0 Å². The fourth-order valence-electron chi connectivity index (χ4n) is 7.50. The van der Waals surface area contributed by atoms with Gasteiger partial charge in [-0.15, -0.1) is 11.3 Å². The molecule has 65 heavy (non-hydrogen) atoms. The highest BCUT2D eigenvalue weighted by atomic mass is 32.1. The molecule has 8 aromatic carbocycles. The molecule has 2 heterocycles. The van der Waals surface area contributed by atoms with Crippen molar-refractivity contribution in [1.82, 2.24) is 15.0 Å². The summed E-state index contributed by atoms with van der Waals surface area (Å²) in [7, 11) is 0. The van der Waals surface area contributed by atoms with Gasteiger partial charge in [-0.25, -0.2) is 23.7 Å². The first kappa shape index (κ1) is 42.3. The zero-order valence-electron chi connectivity index (χ0n) is 35.8. The molecule has 2 aromatic heterocycles. The summed E-state index contributed by atoms with van der Waals surface area (Å²) < 4.78 is 28.6. The lowest BCUT2D eigenvalue weighted by Crippen LogP contribution is -2.00. The highest BCUT2D eigenvalue weighted by molar-refractivity contribution is 7.25. The third-order valence-electron chi connectivity index (χ3n) is 11.1. The first-order chi connectivity index (χ1) is 31.6. The van der Waals surface area contributed by atoms with Crippen molar-refractivity contribution >= 4 is 48.5 Å². The Bertz CT molecular complexity index is 3340. The first-order valence-corrected chi connectivity index (χ1v) is 21.9. The number of fused-ring (bicyclic) bond motifs is 3. The highest BCUT2D eigenvalue weighted by Gasteiger charge is 2.14. The van der Waals surface area contributed by atoms with Crippen molar-refractivity contribution in [3.8, 4) is 56.4 Å². The predicted molar refractivity (Wildman–Crippen MR) is 269 cm³/mol. The SMILES string of the molecule is C=C(C)c1ccc(F)cc1.C=C(N=C(C)c1ccccc1)c1ccc(-c2ccc3sc4ccc(-c5ccc(-c6nc(-c7ccccc7)nc(-c7ccc(F)cc7)n6)cc5)cc4c3c2)cc1. The summed E-state index contributed by atoms with van der Waals surface area (Å²) >= 11 is 1.81. The van der Waals surface area contributed by atoms with Gasteiger partial charge in [-0.1, -0.05) is 152 Å². The van der Waals surface area contributed by atoms with Gasteiger partial charge in [0.25, 0.3) is 0 Å². The minimum absolute atomic E-state index is 0.204. The monoisotopic (exact) mass is 864 g/mol. The van der Waals surface area contributed by atoms with Crippen molar-refractivity contribution in [1.29, 1.82) is 0 Å². The Kier molecular flexibility index (Phi) is 12.2. The number of hydrogen-bond acceptors (Lipinski definition) is 5. The van der Waals surface area contributed by atoms with E-state index in [1.165, 1.54) is 44.4 Å². The van der Waals surface area contributed by atoms with Gasteiger partial charge in [0.15, 0.2) is 17.5 Å². The summed E-state index contributed by atoms with van der Waals surface area (Å²) in [5.41, 5.74) is 12.7. The number of hydrogen-bond donors (Lipinski definition) is 0. The van der Waals surface area contributed by atoms with E-state index in [0.29, 0.717) is 17.5 Å². The van der Waals surface area contributed by atoms with E-state index in [2.05, 4.69) is 110 Å². The molecule has 0 saturated carbocycles. The fourth-order valence-corrected chi connectivity index (χ4v) is 8.56. The molecule has 0 spiro atoms. The Hall–Kier alpha value is -8.00. The molecule has 10 rings (SSSR count). The van der Waals surface area contributed by atoms with Gasteiger partial charge >= 0.3 is 0 Å². The molecule has 0 unspecified atom stereocenters. The van der Waals surface area contributed by atoms with Crippen molar-refractivity contribution < 1.29 is 8.78 Å². The third-order valence-corrected chi connectivity index (χ3v) is 12.2. The van der Waals surface area contributed by atoms with Crippen LogP contribution in [0.2, 0.25) is 0 Å². The molecule has 0 radical (unpaired) electrons. The van der Waals surface area contributed by atoms with Crippen molar-refractivity contribution in [2.45, 2.75) is 13.8 Å². The largest absolute Gasteiger partial charge is 0.253 e. The summed E-state index contributed by atoms with van der Waals surface area (Å²) in [5, 5.41) is 2.47. The Morgan fingerprint density at radius 2 is 0.800 bits per heavy atom. The summed E-state index contributed by atoms with van der Waals surface area (Å²) in [6.07, 6.45) is 0. The standard InChI is InChI=1S/C49H33FN4S.C9H9F/c1-31(33-9-5-3-6-10-33)51-32(2)34-13-15-35(16-14-34)40-23-27-45-43(29-40)44-30-41(24-28-46(44)55-45)36-17-19-38(20-18-36)48-52-47(37-11-7-4-8-12-37)53-49(54-48)39-21-25-42(50)26-22-39;1-7(2)8-3-5-9(10)6-4-8/h3-30H,2H2,1H3;3-6H,1H2,2H3. The highest BCUT2D eigenvalue weighted by Crippen LogP contribution is 2.39. The number of nitrogens with zero attached hydrogens (tertiary/aromatic N) is 4. The second kappa shape index (κ2) is 18.8. The molecule has 10 aromatic rings. The molecular weight excluding hydrogens is 823 g/mol. The summed E-state index contributed by atoms with van der Waals surface area (Å²) in [4.78, 5) is 19.2. The van der Waals surface area contributed by atoms with Gasteiger partial charge in [0, 0.05) is 42.6 Å². The summed E-state index contributed by atoms with van der Waals surface area (Å²) in [6.45, 7) is 11.9. The quantitative estimate of drug-likeness (QED) is 0.136. The molecule has 0 N–H and O–H groups in total. The van der Waals surface area contributed by atoms with Crippen LogP contribution in [0.15, 0.2) is 212 Å². The van der Waals surface area contributed by atoms with Crippen LogP contribution in [0.4, 0.5) is 8.78 Å². The summed E-state index contributed by atoms with van der Waals surface area (Å²) in [6, 6.07) is 62.8. The molecule has 0 atom stereocenters. The van der Waals surface area contributed by atoms with Crippen LogP contribution in [-0.4, -0.2) is 20.7 Å². The summed E-state index contributed by atoms with van der Waals surface area (Å²) in [5.74, 6) is 1.10. The van der Waals surface area contributed by atoms with Crippen LogP contribution < -0.4 is 0 Å². The Morgan fingerprint density at radius 3 is 1.29 bits per heavy atom. The van der Waals surface area contributed by atoms with E-state index in [1.54, 1.807) is 24.3 Å². The minimum Gasteiger partial charge on any atom is -0.253 e. The maximum atomic E-state index is 13.7. The molecule has 0 amide bonds. The zero-order chi connectivity index (χ0) is 44.9. The van der Waals surface area contributed by atoms with Gasteiger partial charge < -0.3 is 0 Å². The second-order valence-electron chi connectivity index (χ2n) is 15.7. The average Bonchev–Trinajstić information content (AvgIpc) is 3.72. The predicted octanol–water partition coefficient (Wildman–Crippen LogP) is 16.1. The Labute approximate surface area is 381 Å². The number of aliphatic imine (C=N–C) groups is 1. The molecule has 0 saturated heterocycles. The lowest BCUT2D eigenvalue weighted by molar-refractivity contribution is 0.627. The van der Waals surface area contributed by atoms with Gasteiger partial charge in [0.1, 0.15) is 11.6 Å². The van der Waals surface area contributed by atoms with E-state index in [0.717, 1.165) is 72.6 Å². The van der Waals surface area contributed by atoms with Crippen LogP contribution in [0.5, 0.6) is 0 Å². The third kappa shape index (κ3) is 9.66. The fraction of sp³-hybridized carbons (Fsp3) is 0.0345. The van der Waals surface area contributed by atoms with Crippen LogP contribution in [0.25, 0.3) is 87.9 Å². The maximum absolute atomic E-state index is 13.7.